The Morgan fingerprint density at radius 1 is 1.83 bits per heavy atom. The molecular formula is C3H10BNS. The molecule has 0 N–H and O–H groups in total. The lowest BCUT2D eigenvalue weighted by Crippen LogP contribution is -2.10. The summed E-state index contributed by atoms with van der Waals surface area (Å²) in [5.74, 6) is 0. The third-order valence-corrected chi connectivity index (χ3v) is 0.747. The van der Waals surface area contributed by atoms with Crippen LogP contribution in [0.3, 0.4) is 0 Å². The molecular weight excluding hydrogens is 92.9 g/mol. The van der Waals surface area contributed by atoms with E-state index in [0.29, 0.717) is 0 Å². The molecule has 0 unspecified atom stereocenters. The fourth-order valence-corrected chi connectivity index (χ4v) is 0.524. The first-order chi connectivity index (χ1) is 2.77. The highest BCUT2D eigenvalue weighted by atomic mass is 32.1. The molecule has 0 aliphatic carbocycles. The summed E-state index contributed by atoms with van der Waals surface area (Å²) in [5, 5.41) is 0. The molecule has 0 radical (unpaired) electrons. The Labute approximate surface area is 45.5 Å². The minimum absolute atomic E-state index is 1.07. The van der Waals surface area contributed by atoms with Crippen molar-refractivity contribution in [3.05, 3.63) is 0 Å². The fraction of sp³-hybridized carbons (Fsp3) is 1.00. The molecule has 0 atom stereocenters. The van der Waals surface area contributed by atoms with Crippen LogP contribution < -0.4 is 0 Å². The van der Waals surface area contributed by atoms with Gasteiger partial charge in [-0.25, -0.2) is 0 Å². The Morgan fingerprint density at radius 3 is 2.33 bits per heavy atom. The maximum absolute atomic E-state index is 4.01. The molecule has 36 valence electrons. The van der Waals surface area contributed by atoms with Crippen molar-refractivity contribution in [3.8, 4) is 0 Å². The zero-order valence-corrected chi connectivity index (χ0v) is 5.20. The second-order valence-electron chi connectivity index (χ2n) is 1.38. The fourth-order valence-electron chi connectivity index (χ4n) is 0.324. The van der Waals surface area contributed by atoms with E-state index in [-0.39, 0.29) is 0 Å². The van der Waals surface area contributed by atoms with Gasteiger partial charge in [-0.2, -0.15) is 0 Å². The van der Waals surface area contributed by atoms with Gasteiger partial charge in [0.1, 0.15) is 7.28 Å². The first-order valence-corrected chi connectivity index (χ1v) is 2.57. The first kappa shape index (κ1) is 6.37. The molecule has 1 nitrogen and oxygen atoms in total. The van der Waals surface area contributed by atoms with E-state index in [1.807, 2.05) is 11.4 Å². The van der Waals surface area contributed by atoms with Crippen molar-refractivity contribution in [2.24, 2.45) is 0 Å². The highest BCUT2D eigenvalue weighted by Gasteiger charge is 1.83. The molecule has 0 amide bonds. The van der Waals surface area contributed by atoms with Crippen LogP contribution in [0.5, 0.6) is 0 Å². The summed E-state index contributed by atoms with van der Waals surface area (Å²) in [6.07, 6.45) is 1.07. The van der Waals surface area contributed by atoms with Gasteiger partial charge in [0.15, 0.2) is 0 Å². The number of hydrogen-bond donors (Lipinski definition) is 1. The van der Waals surface area contributed by atoms with Gasteiger partial charge >= 0.3 is 0 Å². The van der Waals surface area contributed by atoms with Crippen LogP contribution in [0.25, 0.3) is 0 Å². The molecule has 0 saturated carbocycles. The lowest BCUT2D eigenvalue weighted by Gasteiger charge is -2.01. The molecule has 0 aromatic carbocycles. The van der Waals surface area contributed by atoms with Crippen molar-refractivity contribution < 1.29 is 0 Å². The summed E-state index contributed by atoms with van der Waals surface area (Å²) in [4.78, 5) is 0. The van der Waals surface area contributed by atoms with E-state index in [1.165, 1.54) is 7.28 Å². The standard InChI is InChI=1S/C3H10BNS/c1-4-3-5(2)6/h4,6H,3H2,1-2H3. The van der Waals surface area contributed by atoms with Crippen LogP contribution in [-0.4, -0.2) is 25.1 Å². The second-order valence-corrected chi connectivity index (χ2v) is 2.06. The van der Waals surface area contributed by atoms with Crippen LogP contribution in [0, 0.1) is 0 Å². The minimum Gasteiger partial charge on any atom is -0.264 e. The number of nitrogens with zero attached hydrogens (tertiary/aromatic N) is 1. The molecule has 0 rings (SSSR count). The highest BCUT2D eigenvalue weighted by Crippen LogP contribution is 1.80. The predicted octanol–water partition coefficient (Wildman–Crippen LogP) is 0.205. The summed E-state index contributed by atoms with van der Waals surface area (Å²) in [6.45, 7) is 2.13. The van der Waals surface area contributed by atoms with Crippen molar-refractivity contribution in [3.63, 3.8) is 0 Å². The summed E-state index contributed by atoms with van der Waals surface area (Å²) in [7, 11) is 3.13. The van der Waals surface area contributed by atoms with Crippen LogP contribution in [0.1, 0.15) is 0 Å². The minimum atomic E-state index is 1.07. The topological polar surface area (TPSA) is 3.24 Å². The lowest BCUT2D eigenvalue weighted by atomic mass is 9.83. The monoisotopic (exact) mass is 103 g/mol. The van der Waals surface area contributed by atoms with E-state index in [4.69, 9.17) is 0 Å². The molecule has 0 aliphatic heterocycles. The van der Waals surface area contributed by atoms with Gasteiger partial charge in [0, 0.05) is 0 Å². The molecule has 0 fully saturated rings. The molecule has 6 heavy (non-hydrogen) atoms. The van der Waals surface area contributed by atoms with Crippen molar-refractivity contribution in [2.45, 2.75) is 6.82 Å². The molecule has 0 spiro atoms. The molecule has 0 aromatic heterocycles. The van der Waals surface area contributed by atoms with Crippen LogP contribution in [-0.2, 0) is 0 Å². The van der Waals surface area contributed by atoms with Crippen molar-refractivity contribution >= 4 is 20.1 Å². The van der Waals surface area contributed by atoms with Crippen molar-refractivity contribution in [1.29, 1.82) is 0 Å². The average molecular weight is 103 g/mol. The van der Waals surface area contributed by atoms with Gasteiger partial charge in [-0.3, -0.25) is 4.31 Å². The summed E-state index contributed by atoms with van der Waals surface area (Å²) < 4.78 is 1.88. The van der Waals surface area contributed by atoms with Gasteiger partial charge in [-0.1, -0.05) is 19.6 Å². The Kier molecular flexibility index (Phi) is 3.78. The smallest absolute Gasteiger partial charge is 0.136 e. The Bertz CT molecular complexity index is 32.0. The van der Waals surface area contributed by atoms with Crippen molar-refractivity contribution in [2.75, 3.05) is 13.5 Å². The highest BCUT2D eigenvalue weighted by molar-refractivity contribution is 7.77. The Balaban J connectivity index is 2.63. The van der Waals surface area contributed by atoms with E-state index >= 15 is 0 Å². The van der Waals surface area contributed by atoms with Gasteiger partial charge in [-0.15, -0.1) is 0 Å². The van der Waals surface area contributed by atoms with E-state index in [9.17, 15) is 0 Å². The van der Waals surface area contributed by atoms with Crippen LogP contribution >= 0.6 is 12.8 Å². The molecule has 0 aromatic rings. The van der Waals surface area contributed by atoms with E-state index in [0.717, 1.165) is 6.44 Å². The van der Waals surface area contributed by atoms with Crippen LogP contribution in [0.4, 0.5) is 0 Å². The predicted molar refractivity (Wildman–Crippen MR) is 34.6 cm³/mol. The summed E-state index contributed by atoms with van der Waals surface area (Å²) >= 11 is 4.01. The molecule has 3 heteroatoms. The largest absolute Gasteiger partial charge is 0.264 e. The second kappa shape index (κ2) is 3.56. The number of thiol groups is 1. The van der Waals surface area contributed by atoms with Crippen LogP contribution in [0.2, 0.25) is 6.82 Å². The average Bonchev–Trinajstić information content (AvgIpc) is 1.35. The maximum atomic E-state index is 4.01. The van der Waals surface area contributed by atoms with Crippen LogP contribution in [0.15, 0.2) is 0 Å². The van der Waals surface area contributed by atoms with Gasteiger partial charge in [0.05, 0.1) is 0 Å². The van der Waals surface area contributed by atoms with Gasteiger partial charge in [-0.05, 0) is 13.5 Å². The normalized spacial score (nSPS) is 9.33. The van der Waals surface area contributed by atoms with Gasteiger partial charge in [0.25, 0.3) is 0 Å². The Hall–Kier alpha value is 0.375. The number of rotatable bonds is 2. The molecule has 0 aliphatic rings. The molecule has 0 bridgehead atoms. The third-order valence-electron chi connectivity index (χ3n) is 0.547. The molecule has 0 saturated heterocycles. The Morgan fingerprint density at radius 2 is 2.33 bits per heavy atom. The van der Waals surface area contributed by atoms with Crippen molar-refractivity contribution in [1.82, 2.24) is 4.31 Å². The van der Waals surface area contributed by atoms with E-state index < -0.39 is 0 Å². The summed E-state index contributed by atoms with van der Waals surface area (Å²) in [5.41, 5.74) is 0. The van der Waals surface area contributed by atoms with E-state index in [1.54, 1.807) is 0 Å². The SMILES string of the molecule is CBCN(C)S. The quantitative estimate of drug-likeness (QED) is 0.386. The first-order valence-electron chi connectivity index (χ1n) is 2.17. The lowest BCUT2D eigenvalue weighted by molar-refractivity contribution is 0.676. The van der Waals surface area contributed by atoms with Gasteiger partial charge < -0.3 is 0 Å². The molecule has 0 heterocycles. The summed E-state index contributed by atoms with van der Waals surface area (Å²) in [6, 6.07) is 0. The maximum Gasteiger partial charge on any atom is 0.136 e. The van der Waals surface area contributed by atoms with Gasteiger partial charge in [0.2, 0.25) is 0 Å². The zero-order chi connectivity index (χ0) is 4.99. The number of hydrogen-bond acceptors (Lipinski definition) is 2. The third kappa shape index (κ3) is 4.37. The van der Waals surface area contributed by atoms with E-state index in [2.05, 4.69) is 19.6 Å². The zero-order valence-electron chi connectivity index (χ0n) is 4.31.